The van der Waals surface area contributed by atoms with Crippen LogP contribution in [0.25, 0.3) is 0 Å². The summed E-state index contributed by atoms with van der Waals surface area (Å²) in [5.74, 6) is -1.44. The highest BCUT2D eigenvalue weighted by Gasteiger charge is 2.37. The second-order valence-corrected chi connectivity index (χ2v) is 9.21. The molecule has 6 nitrogen and oxygen atoms in total. The summed E-state index contributed by atoms with van der Waals surface area (Å²) in [7, 11) is 0. The van der Waals surface area contributed by atoms with Crippen molar-refractivity contribution in [3.05, 3.63) is 109 Å². The van der Waals surface area contributed by atoms with Crippen LogP contribution < -0.4 is 10.6 Å². The van der Waals surface area contributed by atoms with Crippen molar-refractivity contribution in [2.24, 2.45) is 0 Å². The fourth-order valence-corrected chi connectivity index (χ4v) is 4.13. The monoisotopic (exact) mass is 547 g/mol. The molecule has 0 saturated heterocycles. The van der Waals surface area contributed by atoms with Crippen LogP contribution in [-0.4, -0.2) is 22.6 Å². The van der Waals surface area contributed by atoms with Crippen molar-refractivity contribution in [1.29, 1.82) is 0 Å². The van der Waals surface area contributed by atoms with E-state index in [1.807, 2.05) is 0 Å². The van der Waals surface area contributed by atoms with Crippen molar-refractivity contribution in [2.45, 2.75) is 13.1 Å². The third-order valence-corrected chi connectivity index (χ3v) is 6.72. The van der Waals surface area contributed by atoms with Gasteiger partial charge in [-0.05, 0) is 47.5 Å². The van der Waals surface area contributed by atoms with Crippen molar-refractivity contribution in [3.8, 4) is 0 Å². The van der Waals surface area contributed by atoms with E-state index in [0.29, 0.717) is 31.9 Å². The zero-order valence-electron chi connectivity index (χ0n) is 17.9. The minimum Gasteiger partial charge on any atom is -0.375 e. The van der Waals surface area contributed by atoms with Gasteiger partial charge in [-0.25, -0.2) is 0 Å². The molecular weight excluding hydrogens is 532 g/mol. The number of hydrogen-bond donors (Lipinski definition) is 2. The number of benzene rings is 3. The fraction of sp³-hybridized carbons (Fsp3) is 0.0800. The number of carbonyl (C=O) groups is 3. The highest BCUT2D eigenvalue weighted by molar-refractivity contribution is 6.47. The Morgan fingerprint density at radius 1 is 0.800 bits per heavy atom. The molecule has 2 N–H and O–H groups in total. The number of imide groups is 1. The molecule has 1 heterocycles. The Morgan fingerprint density at radius 2 is 1.51 bits per heavy atom. The van der Waals surface area contributed by atoms with E-state index < -0.39 is 11.8 Å². The summed E-state index contributed by atoms with van der Waals surface area (Å²) < 4.78 is 0. The van der Waals surface area contributed by atoms with Crippen molar-refractivity contribution >= 4 is 69.8 Å². The van der Waals surface area contributed by atoms with Crippen molar-refractivity contribution in [2.75, 3.05) is 5.32 Å². The maximum atomic E-state index is 12.8. The van der Waals surface area contributed by atoms with Crippen LogP contribution in [0, 0.1) is 0 Å². The van der Waals surface area contributed by atoms with Gasteiger partial charge < -0.3 is 10.6 Å². The molecule has 3 amide bonds. The smallest absolute Gasteiger partial charge is 0.278 e. The van der Waals surface area contributed by atoms with Crippen LogP contribution in [-0.2, 0) is 22.7 Å². The van der Waals surface area contributed by atoms with Gasteiger partial charge >= 0.3 is 0 Å². The average molecular weight is 549 g/mol. The molecule has 0 aliphatic carbocycles. The number of carbonyl (C=O) groups excluding carboxylic acids is 3. The third kappa shape index (κ3) is 5.63. The van der Waals surface area contributed by atoms with Gasteiger partial charge in [-0.3, -0.25) is 19.3 Å². The Labute approximate surface area is 221 Å². The van der Waals surface area contributed by atoms with Gasteiger partial charge in [0.1, 0.15) is 10.7 Å². The summed E-state index contributed by atoms with van der Waals surface area (Å²) in [6, 6.07) is 18.5. The number of anilines is 1. The molecule has 1 aliphatic rings. The molecule has 4 rings (SSSR count). The highest BCUT2D eigenvalue weighted by Crippen LogP contribution is 2.27. The molecule has 0 spiro atoms. The number of rotatable bonds is 7. The molecule has 0 bridgehead atoms. The van der Waals surface area contributed by atoms with Gasteiger partial charge in [0.25, 0.3) is 17.7 Å². The van der Waals surface area contributed by atoms with E-state index in [0.717, 1.165) is 10.5 Å². The van der Waals surface area contributed by atoms with Crippen molar-refractivity contribution in [3.63, 3.8) is 0 Å². The maximum Gasteiger partial charge on any atom is 0.278 e. The standard InChI is InChI=1S/C25H17Cl4N3O3/c26-18-4-2-1-3-16(18)13-32-24(34)21(29)22(25(32)35)30-12-14-5-7-15(8-6-14)23(33)31-17-9-10-19(27)20(28)11-17/h1-11,30H,12-13H2,(H,31,33). The minimum absolute atomic E-state index is 0.0153. The van der Waals surface area contributed by atoms with E-state index in [2.05, 4.69) is 10.6 Å². The zero-order chi connectivity index (χ0) is 25.1. The second-order valence-electron chi connectivity index (χ2n) is 7.61. The lowest BCUT2D eigenvalue weighted by Crippen LogP contribution is -2.33. The largest absolute Gasteiger partial charge is 0.375 e. The number of amides is 3. The third-order valence-electron chi connectivity index (χ3n) is 5.26. The lowest BCUT2D eigenvalue weighted by Gasteiger charge is -2.16. The fourth-order valence-electron chi connectivity index (χ4n) is 3.38. The molecule has 0 fully saturated rings. The van der Waals surface area contributed by atoms with Gasteiger partial charge in [-0.2, -0.15) is 0 Å². The first-order chi connectivity index (χ1) is 16.7. The van der Waals surface area contributed by atoms with Crippen LogP contribution in [0.2, 0.25) is 15.1 Å². The molecule has 0 aromatic heterocycles. The van der Waals surface area contributed by atoms with E-state index >= 15 is 0 Å². The molecule has 35 heavy (non-hydrogen) atoms. The quantitative estimate of drug-likeness (QED) is 0.354. The van der Waals surface area contributed by atoms with Crippen LogP contribution in [0.4, 0.5) is 5.69 Å². The van der Waals surface area contributed by atoms with Gasteiger partial charge in [0.05, 0.1) is 16.6 Å². The number of nitrogens with zero attached hydrogens (tertiary/aromatic N) is 1. The maximum absolute atomic E-state index is 12.8. The van der Waals surface area contributed by atoms with E-state index in [1.54, 1.807) is 66.7 Å². The lowest BCUT2D eigenvalue weighted by atomic mass is 10.1. The molecule has 0 atom stereocenters. The lowest BCUT2D eigenvalue weighted by molar-refractivity contribution is -0.138. The Morgan fingerprint density at radius 3 is 2.20 bits per heavy atom. The normalized spacial score (nSPS) is 13.4. The summed E-state index contributed by atoms with van der Waals surface area (Å²) in [4.78, 5) is 38.9. The average Bonchev–Trinajstić information content (AvgIpc) is 3.04. The van der Waals surface area contributed by atoms with Gasteiger partial charge in [0, 0.05) is 22.8 Å². The van der Waals surface area contributed by atoms with Crippen LogP contribution in [0.5, 0.6) is 0 Å². The molecule has 3 aromatic rings. The van der Waals surface area contributed by atoms with Gasteiger partial charge in [0.2, 0.25) is 0 Å². The Balaban J connectivity index is 1.38. The Bertz CT molecular complexity index is 1360. The van der Waals surface area contributed by atoms with E-state index in [9.17, 15) is 14.4 Å². The SMILES string of the molecule is O=C(Nc1ccc(Cl)c(Cl)c1)c1ccc(CNC2=C(Cl)C(=O)N(Cc3ccccc3Cl)C2=O)cc1. The number of halogens is 4. The Hall–Kier alpha value is -3.03. The number of nitrogens with one attached hydrogen (secondary N) is 2. The molecule has 0 radical (unpaired) electrons. The minimum atomic E-state index is -0.589. The first-order valence-electron chi connectivity index (χ1n) is 10.3. The molecule has 178 valence electrons. The van der Waals surface area contributed by atoms with E-state index in [1.165, 1.54) is 0 Å². The summed E-state index contributed by atoms with van der Waals surface area (Å²) >= 11 is 24.2. The molecule has 0 unspecified atom stereocenters. The molecule has 0 saturated carbocycles. The molecule has 1 aliphatic heterocycles. The van der Waals surface area contributed by atoms with Gasteiger partial charge in [0.15, 0.2) is 0 Å². The first-order valence-corrected chi connectivity index (χ1v) is 11.8. The molecule has 10 heteroatoms. The predicted molar refractivity (Wildman–Crippen MR) is 138 cm³/mol. The zero-order valence-corrected chi connectivity index (χ0v) is 21.0. The van der Waals surface area contributed by atoms with Crippen LogP contribution in [0.1, 0.15) is 21.5 Å². The predicted octanol–water partition coefficient (Wildman–Crippen LogP) is 6.01. The van der Waals surface area contributed by atoms with Gasteiger partial charge in [-0.1, -0.05) is 76.7 Å². The first kappa shape index (κ1) is 25.1. The number of hydrogen-bond acceptors (Lipinski definition) is 4. The topological polar surface area (TPSA) is 78.5 Å². The van der Waals surface area contributed by atoms with Crippen LogP contribution >= 0.6 is 46.4 Å². The van der Waals surface area contributed by atoms with E-state index in [4.69, 9.17) is 46.4 Å². The summed E-state index contributed by atoms with van der Waals surface area (Å²) in [5.41, 5.74) is 2.37. The van der Waals surface area contributed by atoms with E-state index in [-0.39, 0.29) is 29.7 Å². The summed E-state index contributed by atoms with van der Waals surface area (Å²) in [6.07, 6.45) is 0. The van der Waals surface area contributed by atoms with Crippen LogP contribution in [0.15, 0.2) is 77.5 Å². The second kappa shape index (κ2) is 10.7. The molecular formula is C25H17Cl4N3O3. The van der Waals surface area contributed by atoms with Crippen molar-refractivity contribution in [1.82, 2.24) is 10.2 Å². The Kier molecular flexibility index (Phi) is 7.67. The summed E-state index contributed by atoms with van der Waals surface area (Å²) in [5, 5.41) is 6.68. The highest BCUT2D eigenvalue weighted by atomic mass is 35.5. The van der Waals surface area contributed by atoms with Crippen molar-refractivity contribution < 1.29 is 14.4 Å². The van der Waals surface area contributed by atoms with Gasteiger partial charge in [-0.15, -0.1) is 0 Å². The molecule has 3 aromatic carbocycles. The van der Waals surface area contributed by atoms with Crippen LogP contribution in [0.3, 0.4) is 0 Å². The summed E-state index contributed by atoms with van der Waals surface area (Å²) in [6.45, 7) is 0.237.